The number of hydrogen-bond acceptors (Lipinski definition) is 3. The Kier molecular flexibility index (Phi) is 10.2. The highest BCUT2D eigenvalue weighted by atomic mass is 16.3. The summed E-state index contributed by atoms with van der Waals surface area (Å²) in [6, 6.07) is 102. The van der Waals surface area contributed by atoms with Gasteiger partial charge in [-0.2, -0.15) is 0 Å². The maximum atomic E-state index is 6.91. The molecule has 5 aromatic heterocycles. The second-order valence-electron chi connectivity index (χ2n) is 21.2. The minimum absolute atomic E-state index is 0.660. The van der Waals surface area contributed by atoms with Crippen LogP contribution in [0.15, 0.2) is 290 Å². The Balaban J connectivity index is 0.976. The Labute approximate surface area is 471 Å². The molecule has 382 valence electrons. The molecular weight excluding hydrogens is 999 g/mol. The molecule has 0 fully saturated rings. The molecule has 0 N–H and O–H groups in total. The molecule has 17 rings (SSSR count). The fourth-order valence-electron chi connectivity index (χ4n) is 13.0. The third kappa shape index (κ3) is 7.08. The van der Waals surface area contributed by atoms with E-state index in [0.29, 0.717) is 5.82 Å². The van der Waals surface area contributed by atoms with Gasteiger partial charge in [0.1, 0.15) is 11.2 Å². The Bertz CT molecular complexity index is 5030. The maximum absolute atomic E-state index is 6.91. The predicted octanol–water partition coefficient (Wildman–Crippen LogP) is 20.0. The van der Waals surface area contributed by atoms with E-state index in [0.717, 1.165) is 111 Å². The van der Waals surface area contributed by atoms with Crippen molar-refractivity contribution in [2.24, 2.45) is 0 Å². The van der Waals surface area contributed by atoms with Crippen molar-refractivity contribution in [2.45, 2.75) is 0 Å². The summed E-state index contributed by atoms with van der Waals surface area (Å²) in [6.07, 6.45) is 0. The molecule has 12 aromatic carbocycles. The molecule has 6 nitrogen and oxygen atoms in total. The summed E-state index contributed by atoms with van der Waals surface area (Å²) < 4.78 is 14.2. The van der Waals surface area contributed by atoms with E-state index in [1.807, 2.05) is 18.2 Å². The number of para-hydroxylation sites is 6. The SMILES string of the molecule is c1ccc(-c2cc(-c3cc(-c4ccc(-n5c6ccccc6c6ccccc65)cc4)c(-n4c5ccccc5c5c6oc7ccccc7c6ccc54)c(-c4ccc(-n5c6ccccc6c6ccccc65)cc4)c3)nc(-c3ccccc3)n2)cc1. The number of benzene rings is 12. The number of hydrogen-bond donors (Lipinski definition) is 0. The standard InChI is InChI=1S/C76H47N5O/c1-3-19-50(20-4-1)64-47-65(78-76(77-64)51-21-5-2-6-22-51)52-45-62(48-35-39-53(40-36-48)79-66-29-13-7-23-55(66)56-24-8-14-30-67(56)79)74(81-70-33-17-11-28-61(70)73-71(81)44-43-60-59-27-12-18-34-72(59)82-75(60)73)63(46-52)49-37-41-54(42-38-49)80-68-31-15-9-25-57(68)58-26-10-16-32-69(58)80/h1-47H. The van der Waals surface area contributed by atoms with Gasteiger partial charge in [-0.05, 0) is 102 Å². The van der Waals surface area contributed by atoms with Gasteiger partial charge in [-0.3, -0.25) is 0 Å². The minimum Gasteiger partial charge on any atom is -0.455 e. The molecule has 0 amide bonds. The van der Waals surface area contributed by atoms with Crippen molar-refractivity contribution in [2.75, 3.05) is 0 Å². The van der Waals surface area contributed by atoms with Gasteiger partial charge in [-0.25, -0.2) is 9.97 Å². The van der Waals surface area contributed by atoms with Crippen LogP contribution in [0.3, 0.4) is 0 Å². The van der Waals surface area contributed by atoms with Crippen LogP contribution in [-0.2, 0) is 0 Å². The van der Waals surface area contributed by atoms with Gasteiger partial charge < -0.3 is 18.1 Å². The molecule has 17 aromatic rings. The number of aromatic nitrogens is 5. The summed E-state index contributed by atoms with van der Waals surface area (Å²) in [6.45, 7) is 0. The maximum Gasteiger partial charge on any atom is 0.160 e. The van der Waals surface area contributed by atoms with Crippen LogP contribution in [0, 0.1) is 0 Å². The van der Waals surface area contributed by atoms with Crippen LogP contribution in [0.2, 0.25) is 0 Å². The first-order valence-electron chi connectivity index (χ1n) is 27.9. The molecule has 0 unspecified atom stereocenters. The smallest absolute Gasteiger partial charge is 0.160 e. The van der Waals surface area contributed by atoms with Gasteiger partial charge in [0.05, 0.1) is 55.6 Å². The van der Waals surface area contributed by atoms with E-state index < -0.39 is 0 Å². The Hall–Kier alpha value is -11.1. The topological polar surface area (TPSA) is 53.7 Å². The first-order chi connectivity index (χ1) is 40.7. The van der Waals surface area contributed by atoms with E-state index in [1.165, 1.54) is 43.6 Å². The first kappa shape index (κ1) is 45.9. The number of fused-ring (bicyclic) bond motifs is 13. The normalized spacial score (nSPS) is 11.9. The summed E-state index contributed by atoms with van der Waals surface area (Å²) in [5.41, 5.74) is 20.5. The number of furan rings is 1. The van der Waals surface area contributed by atoms with Crippen molar-refractivity contribution in [3.8, 4) is 73.2 Å². The van der Waals surface area contributed by atoms with Gasteiger partial charge in [0.2, 0.25) is 0 Å². The van der Waals surface area contributed by atoms with E-state index in [2.05, 4.69) is 281 Å². The Morgan fingerprint density at radius 1 is 0.268 bits per heavy atom. The lowest BCUT2D eigenvalue weighted by Crippen LogP contribution is -2.03. The Morgan fingerprint density at radius 3 is 1.20 bits per heavy atom. The van der Waals surface area contributed by atoms with Gasteiger partial charge in [0.25, 0.3) is 0 Å². The summed E-state index contributed by atoms with van der Waals surface area (Å²) in [4.78, 5) is 10.7. The first-order valence-corrected chi connectivity index (χ1v) is 27.9. The Morgan fingerprint density at radius 2 is 0.683 bits per heavy atom. The van der Waals surface area contributed by atoms with Crippen molar-refractivity contribution in [1.82, 2.24) is 23.7 Å². The van der Waals surface area contributed by atoms with E-state index in [9.17, 15) is 0 Å². The van der Waals surface area contributed by atoms with Crippen molar-refractivity contribution in [3.05, 3.63) is 285 Å². The van der Waals surface area contributed by atoms with Crippen LogP contribution in [-0.4, -0.2) is 23.7 Å². The van der Waals surface area contributed by atoms with Crippen molar-refractivity contribution in [3.63, 3.8) is 0 Å². The van der Waals surface area contributed by atoms with E-state index in [4.69, 9.17) is 14.4 Å². The van der Waals surface area contributed by atoms with E-state index in [1.54, 1.807) is 0 Å². The van der Waals surface area contributed by atoms with Crippen LogP contribution in [0.5, 0.6) is 0 Å². The predicted molar refractivity (Wildman–Crippen MR) is 340 cm³/mol. The molecule has 0 aliphatic rings. The van der Waals surface area contributed by atoms with Gasteiger partial charge in [-0.1, -0.05) is 194 Å². The van der Waals surface area contributed by atoms with Crippen molar-refractivity contribution in [1.29, 1.82) is 0 Å². The van der Waals surface area contributed by atoms with Crippen LogP contribution >= 0.6 is 0 Å². The monoisotopic (exact) mass is 1050 g/mol. The van der Waals surface area contributed by atoms with Crippen molar-refractivity contribution >= 4 is 87.4 Å². The highest BCUT2D eigenvalue weighted by Gasteiger charge is 2.26. The molecule has 6 heteroatoms. The number of nitrogens with zero attached hydrogens (tertiary/aromatic N) is 5. The van der Waals surface area contributed by atoms with Crippen molar-refractivity contribution < 1.29 is 4.42 Å². The van der Waals surface area contributed by atoms with Crippen LogP contribution in [0.1, 0.15) is 0 Å². The fourth-order valence-corrected chi connectivity index (χ4v) is 13.0. The third-order valence-corrected chi connectivity index (χ3v) is 16.7. The summed E-state index contributed by atoms with van der Waals surface area (Å²) >= 11 is 0. The molecule has 0 aliphatic carbocycles. The van der Waals surface area contributed by atoms with Gasteiger partial charge >= 0.3 is 0 Å². The molecule has 0 radical (unpaired) electrons. The van der Waals surface area contributed by atoms with Gasteiger partial charge in [0.15, 0.2) is 5.82 Å². The molecule has 0 saturated heterocycles. The summed E-state index contributed by atoms with van der Waals surface area (Å²) in [7, 11) is 0. The number of rotatable bonds is 8. The molecule has 0 atom stereocenters. The molecule has 0 spiro atoms. The highest BCUT2D eigenvalue weighted by molar-refractivity contribution is 6.24. The molecule has 0 bridgehead atoms. The second kappa shape index (κ2) is 18.2. The molecule has 0 saturated carbocycles. The van der Waals surface area contributed by atoms with Crippen LogP contribution < -0.4 is 0 Å². The van der Waals surface area contributed by atoms with E-state index in [-0.39, 0.29) is 0 Å². The average Bonchev–Trinajstić information content (AvgIpc) is 3.61. The fraction of sp³-hybridized carbons (Fsp3) is 0. The summed E-state index contributed by atoms with van der Waals surface area (Å²) in [5, 5.41) is 9.29. The largest absolute Gasteiger partial charge is 0.455 e. The van der Waals surface area contributed by atoms with Crippen LogP contribution in [0.4, 0.5) is 0 Å². The zero-order valence-corrected chi connectivity index (χ0v) is 44.3. The highest BCUT2D eigenvalue weighted by Crippen LogP contribution is 2.47. The lowest BCUT2D eigenvalue weighted by atomic mass is 9.91. The molecular formula is C76H47N5O. The zero-order chi connectivity index (χ0) is 53.8. The summed E-state index contributed by atoms with van der Waals surface area (Å²) in [5.74, 6) is 0.660. The molecule has 82 heavy (non-hydrogen) atoms. The lowest BCUT2D eigenvalue weighted by Gasteiger charge is -2.22. The van der Waals surface area contributed by atoms with E-state index >= 15 is 0 Å². The van der Waals surface area contributed by atoms with Gasteiger partial charge in [-0.15, -0.1) is 0 Å². The average molecular weight is 1050 g/mol. The van der Waals surface area contributed by atoms with Crippen LogP contribution in [0.25, 0.3) is 161 Å². The zero-order valence-electron chi connectivity index (χ0n) is 44.3. The van der Waals surface area contributed by atoms with Gasteiger partial charge in [0, 0.05) is 76.9 Å². The molecule has 0 aliphatic heterocycles. The minimum atomic E-state index is 0.660. The quantitative estimate of drug-likeness (QED) is 0.152. The third-order valence-electron chi connectivity index (χ3n) is 16.7. The second-order valence-corrected chi connectivity index (χ2v) is 21.2. The molecule has 5 heterocycles. The lowest BCUT2D eigenvalue weighted by molar-refractivity contribution is 0.673.